The van der Waals surface area contributed by atoms with Crippen LogP contribution in [0.2, 0.25) is 0 Å². The van der Waals surface area contributed by atoms with Crippen LogP contribution in [0.5, 0.6) is 0 Å². The van der Waals surface area contributed by atoms with Crippen LogP contribution in [0, 0.1) is 0 Å². The molecular formula is C9H13NO4S2. The van der Waals surface area contributed by atoms with Gasteiger partial charge >= 0.3 is 0 Å². The standard InChI is InChI=1S/C9H13NO4S2/c11-5-8-1-2-9(14-8)16(12,13)10-7-3-4-15-6-7/h1-2,7,10-11H,3-6H2. The molecule has 90 valence electrons. The average Bonchev–Trinajstić information content (AvgIpc) is 2.85. The molecule has 2 rings (SSSR count). The third kappa shape index (κ3) is 2.60. The van der Waals surface area contributed by atoms with Gasteiger partial charge in [0.25, 0.3) is 10.0 Å². The summed E-state index contributed by atoms with van der Waals surface area (Å²) in [6.45, 7) is -0.297. The molecule has 16 heavy (non-hydrogen) atoms. The van der Waals surface area contributed by atoms with E-state index in [4.69, 9.17) is 9.52 Å². The molecule has 1 atom stereocenters. The van der Waals surface area contributed by atoms with Gasteiger partial charge in [-0.3, -0.25) is 0 Å². The van der Waals surface area contributed by atoms with Crippen LogP contribution in [0.1, 0.15) is 12.2 Å². The minimum absolute atomic E-state index is 0.0160. The van der Waals surface area contributed by atoms with E-state index in [1.165, 1.54) is 12.1 Å². The lowest BCUT2D eigenvalue weighted by molar-refractivity contribution is 0.236. The molecule has 1 aromatic rings. The number of nitrogens with one attached hydrogen (secondary N) is 1. The predicted molar refractivity (Wildman–Crippen MR) is 60.7 cm³/mol. The Labute approximate surface area is 98.3 Å². The predicted octanol–water partition coefficient (Wildman–Crippen LogP) is 0.556. The Morgan fingerprint density at radius 2 is 2.38 bits per heavy atom. The van der Waals surface area contributed by atoms with E-state index in [2.05, 4.69) is 4.72 Å². The molecule has 0 aliphatic carbocycles. The first-order valence-corrected chi connectivity index (χ1v) is 7.55. The Kier molecular flexibility index (Phi) is 3.58. The second-order valence-corrected chi connectivity index (χ2v) is 6.36. The highest BCUT2D eigenvalue weighted by molar-refractivity contribution is 7.99. The third-order valence-electron chi connectivity index (χ3n) is 2.31. The van der Waals surface area contributed by atoms with Crippen molar-refractivity contribution >= 4 is 21.8 Å². The van der Waals surface area contributed by atoms with Gasteiger partial charge in [0.1, 0.15) is 12.4 Å². The molecule has 1 aliphatic heterocycles. The topological polar surface area (TPSA) is 79.5 Å². The van der Waals surface area contributed by atoms with Crippen LogP contribution in [-0.4, -0.2) is 31.1 Å². The largest absolute Gasteiger partial charge is 0.446 e. The first kappa shape index (κ1) is 12.0. The zero-order valence-corrected chi connectivity index (χ0v) is 10.2. The van der Waals surface area contributed by atoms with Gasteiger partial charge in [-0.25, -0.2) is 13.1 Å². The monoisotopic (exact) mass is 263 g/mol. The minimum Gasteiger partial charge on any atom is -0.446 e. The van der Waals surface area contributed by atoms with E-state index in [9.17, 15) is 8.42 Å². The second kappa shape index (κ2) is 4.79. The summed E-state index contributed by atoms with van der Waals surface area (Å²) < 4.78 is 31.2. The van der Waals surface area contributed by atoms with Crippen LogP contribution in [-0.2, 0) is 16.6 Å². The average molecular weight is 263 g/mol. The highest BCUT2D eigenvalue weighted by Crippen LogP contribution is 2.20. The lowest BCUT2D eigenvalue weighted by Crippen LogP contribution is -2.34. The molecule has 1 aliphatic rings. The molecule has 0 amide bonds. The van der Waals surface area contributed by atoms with Gasteiger partial charge in [-0.1, -0.05) is 0 Å². The second-order valence-electron chi connectivity index (χ2n) is 3.56. The van der Waals surface area contributed by atoms with Crippen molar-refractivity contribution < 1.29 is 17.9 Å². The van der Waals surface area contributed by atoms with Crippen LogP contribution >= 0.6 is 11.8 Å². The normalized spacial score (nSPS) is 21.4. The molecule has 0 aromatic carbocycles. The summed E-state index contributed by atoms with van der Waals surface area (Å²) >= 11 is 1.73. The van der Waals surface area contributed by atoms with E-state index in [0.29, 0.717) is 0 Å². The van der Waals surface area contributed by atoms with Crippen molar-refractivity contribution in [2.75, 3.05) is 11.5 Å². The van der Waals surface area contributed by atoms with Gasteiger partial charge in [-0.15, -0.1) is 0 Å². The van der Waals surface area contributed by atoms with E-state index in [1.807, 2.05) is 0 Å². The van der Waals surface area contributed by atoms with Gasteiger partial charge in [0.2, 0.25) is 5.09 Å². The summed E-state index contributed by atoms with van der Waals surface area (Å²) in [6, 6.07) is 2.80. The molecule has 0 radical (unpaired) electrons. The third-order valence-corrected chi connectivity index (χ3v) is 4.86. The van der Waals surface area contributed by atoms with E-state index < -0.39 is 10.0 Å². The quantitative estimate of drug-likeness (QED) is 0.829. The van der Waals surface area contributed by atoms with Crippen molar-refractivity contribution in [3.63, 3.8) is 0 Å². The summed E-state index contributed by atoms with van der Waals surface area (Å²) in [6.07, 6.45) is 0.845. The van der Waals surface area contributed by atoms with Crippen molar-refractivity contribution in [3.05, 3.63) is 17.9 Å². The molecule has 7 heteroatoms. The van der Waals surface area contributed by atoms with E-state index in [1.54, 1.807) is 11.8 Å². The fourth-order valence-electron chi connectivity index (χ4n) is 1.49. The fourth-order valence-corrected chi connectivity index (χ4v) is 3.97. The molecule has 1 aromatic heterocycles. The zero-order valence-electron chi connectivity index (χ0n) is 8.55. The summed E-state index contributed by atoms with van der Waals surface area (Å²) in [5.41, 5.74) is 0. The van der Waals surface area contributed by atoms with Crippen molar-refractivity contribution in [2.45, 2.75) is 24.2 Å². The van der Waals surface area contributed by atoms with Crippen molar-refractivity contribution in [3.8, 4) is 0 Å². The molecule has 1 fully saturated rings. The molecule has 5 nitrogen and oxygen atoms in total. The van der Waals surface area contributed by atoms with Crippen molar-refractivity contribution in [2.24, 2.45) is 0 Å². The molecule has 2 N–H and O–H groups in total. The highest BCUT2D eigenvalue weighted by atomic mass is 32.2. The van der Waals surface area contributed by atoms with Crippen LogP contribution < -0.4 is 4.72 Å². The number of aliphatic hydroxyl groups is 1. The molecule has 0 saturated carbocycles. The summed E-state index contributed by atoms with van der Waals surface area (Å²) in [5.74, 6) is 2.03. The molecule has 0 spiro atoms. The first-order chi connectivity index (χ1) is 7.62. The Morgan fingerprint density at radius 3 is 2.94 bits per heavy atom. The summed E-state index contributed by atoms with van der Waals surface area (Å²) in [4.78, 5) is 0. The van der Waals surface area contributed by atoms with E-state index in [0.717, 1.165) is 17.9 Å². The number of hydrogen-bond donors (Lipinski definition) is 2. The SMILES string of the molecule is O=S(=O)(NC1CCSC1)c1ccc(CO)o1. The lowest BCUT2D eigenvalue weighted by atomic mass is 10.3. The number of rotatable bonds is 4. The molecule has 1 saturated heterocycles. The summed E-state index contributed by atoms with van der Waals surface area (Å²) in [7, 11) is -3.57. The van der Waals surface area contributed by atoms with Crippen LogP contribution in [0.15, 0.2) is 21.6 Å². The summed E-state index contributed by atoms with van der Waals surface area (Å²) in [5, 5.41) is 8.66. The van der Waals surface area contributed by atoms with E-state index >= 15 is 0 Å². The van der Waals surface area contributed by atoms with Crippen LogP contribution in [0.3, 0.4) is 0 Å². The molecule has 0 bridgehead atoms. The Morgan fingerprint density at radius 1 is 1.56 bits per heavy atom. The maximum Gasteiger partial charge on any atom is 0.274 e. The fraction of sp³-hybridized carbons (Fsp3) is 0.556. The van der Waals surface area contributed by atoms with Gasteiger partial charge < -0.3 is 9.52 Å². The number of furan rings is 1. The van der Waals surface area contributed by atoms with Crippen LogP contribution in [0.4, 0.5) is 0 Å². The number of sulfonamides is 1. The van der Waals surface area contributed by atoms with Gasteiger partial charge in [-0.05, 0) is 24.3 Å². The Bertz CT molecular complexity index is 448. The highest BCUT2D eigenvalue weighted by Gasteiger charge is 2.25. The molecular weight excluding hydrogens is 250 g/mol. The van der Waals surface area contributed by atoms with Gasteiger partial charge in [0.05, 0.1) is 0 Å². The number of thioether (sulfide) groups is 1. The smallest absolute Gasteiger partial charge is 0.274 e. The van der Waals surface area contributed by atoms with Crippen molar-refractivity contribution in [1.29, 1.82) is 0 Å². The van der Waals surface area contributed by atoms with Crippen LogP contribution in [0.25, 0.3) is 0 Å². The lowest BCUT2D eigenvalue weighted by Gasteiger charge is -2.09. The van der Waals surface area contributed by atoms with Gasteiger partial charge in [0.15, 0.2) is 0 Å². The van der Waals surface area contributed by atoms with Crippen molar-refractivity contribution in [1.82, 2.24) is 4.72 Å². The minimum atomic E-state index is -3.57. The Balaban J connectivity index is 2.11. The maximum absolute atomic E-state index is 11.8. The van der Waals surface area contributed by atoms with E-state index in [-0.39, 0.29) is 23.5 Å². The molecule has 2 heterocycles. The molecule has 1 unspecified atom stereocenters. The Hall–Kier alpha value is -0.500. The number of aliphatic hydroxyl groups excluding tert-OH is 1. The van der Waals surface area contributed by atoms with Gasteiger partial charge in [0, 0.05) is 11.8 Å². The maximum atomic E-state index is 11.8. The first-order valence-electron chi connectivity index (χ1n) is 4.91. The van der Waals surface area contributed by atoms with Gasteiger partial charge in [-0.2, -0.15) is 11.8 Å². The number of hydrogen-bond acceptors (Lipinski definition) is 5. The zero-order chi connectivity index (χ0) is 11.6.